The lowest BCUT2D eigenvalue weighted by molar-refractivity contribution is 0.0874. The highest BCUT2D eigenvalue weighted by molar-refractivity contribution is 5.22. The van der Waals surface area contributed by atoms with Crippen LogP contribution in [0.5, 0.6) is 0 Å². The maximum absolute atomic E-state index is 13.7. The van der Waals surface area contributed by atoms with Crippen LogP contribution in [0.2, 0.25) is 0 Å². The van der Waals surface area contributed by atoms with Crippen LogP contribution in [0.1, 0.15) is 31.4 Å². The SMILES string of the molecule is CCCNCC1CCOC1c1ccc(F)cc1F. The Morgan fingerprint density at radius 2 is 2.22 bits per heavy atom. The van der Waals surface area contributed by atoms with Gasteiger partial charge in [-0.3, -0.25) is 0 Å². The molecule has 0 bridgehead atoms. The zero-order chi connectivity index (χ0) is 13.0. The van der Waals surface area contributed by atoms with E-state index in [1.54, 1.807) is 0 Å². The van der Waals surface area contributed by atoms with Gasteiger partial charge in [0.1, 0.15) is 11.6 Å². The number of ether oxygens (including phenoxy) is 1. The second-order valence-corrected chi connectivity index (χ2v) is 4.71. The highest BCUT2D eigenvalue weighted by atomic mass is 19.1. The summed E-state index contributed by atoms with van der Waals surface area (Å²) in [7, 11) is 0. The summed E-state index contributed by atoms with van der Waals surface area (Å²) in [4.78, 5) is 0. The van der Waals surface area contributed by atoms with Crippen molar-refractivity contribution in [2.24, 2.45) is 5.92 Å². The van der Waals surface area contributed by atoms with Crippen LogP contribution in [0.25, 0.3) is 0 Å². The molecule has 0 aromatic heterocycles. The van der Waals surface area contributed by atoms with E-state index in [4.69, 9.17) is 4.74 Å². The van der Waals surface area contributed by atoms with E-state index >= 15 is 0 Å². The Bertz CT molecular complexity index is 397. The van der Waals surface area contributed by atoms with Gasteiger partial charge < -0.3 is 10.1 Å². The number of hydrogen-bond acceptors (Lipinski definition) is 2. The van der Waals surface area contributed by atoms with E-state index in [9.17, 15) is 8.78 Å². The van der Waals surface area contributed by atoms with Crippen molar-refractivity contribution >= 4 is 0 Å². The summed E-state index contributed by atoms with van der Waals surface area (Å²) in [6, 6.07) is 3.71. The lowest BCUT2D eigenvalue weighted by Crippen LogP contribution is -2.25. The first-order valence-electron chi connectivity index (χ1n) is 6.49. The zero-order valence-corrected chi connectivity index (χ0v) is 10.6. The lowest BCUT2D eigenvalue weighted by Gasteiger charge is -2.19. The number of nitrogens with one attached hydrogen (secondary N) is 1. The molecule has 0 amide bonds. The smallest absolute Gasteiger partial charge is 0.131 e. The van der Waals surface area contributed by atoms with Crippen molar-refractivity contribution in [3.05, 3.63) is 35.4 Å². The van der Waals surface area contributed by atoms with Gasteiger partial charge in [-0.2, -0.15) is 0 Å². The van der Waals surface area contributed by atoms with E-state index in [0.29, 0.717) is 12.2 Å². The van der Waals surface area contributed by atoms with Gasteiger partial charge in [0.15, 0.2) is 0 Å². The Morgan fingerprint density at radius 3 is 2.94 bits per heavy atom. The van der Waals surface area contributed by atoms with Gasteiger partial charge in [-0.15, -0.1) is 0 Å². The maximum atomic E-state index is 13.7. The van der Waals surface area contributed by atoms with Crippen molar-refractivity contribution in [1.29, 1.82) is 0 Å². The third-order valence-corrected chi connectivity index (χ3v) is 3.32. The number of hydrogen-bond donors (Lipinski definition) is 1. The highest BCUT2D eigenvalue weighted by Crippen LogP contribution is 2.35. The van der Waals surface area contributed by atoms with E-state index in [1.165, 1.54) is 12.1 Å². The summed E-state index contributed by atoms with van der Waals surface area (Å²) < 4.78 is 32.2. The molecule has 0 aliphatic carbocycles. The van der Waals surface area contributed by atoms with Crippen molar-refractivity contribution in [2.75, 3.05) is 19.7 Å². The molecule has 18 heavy (non-hydrogen) atoms. The fraction of sp³-hybridized carbons (Fsp3) is 0.571. The first kappa shape index (κ1) is 13.4. The van der Waals surface area contributed by atoms with E-state index in [-0.39, 0.29) is 12.0 Å². The van der Waals surface area contributed by atoms with Gasteiger partial charge in [0.05, 0.1) is 6.10 Å². The van der Waals surface area contributed by atoms with Gasteiger partial charge in [-0.05, 0) is 25.5 Å². The van der Waals surface area contributed by atoms with E-state index in [0.717, 1.165) is 32.0 Å². The van der Waals surface area contributed by atoms with Gasteiger partial charge in [-0.25, -0.2) is 8.78 Å². The Kier molecular flexibility index (Phi) is 4.66. The summed E-state index contributed by atoms with van der Waals surface area (Å²) in [5.41, 5.74) is 0.470. The molecule has 0 spiro atoms. The van der Waals surface area contributed by atoms with Crippen molar-refractivity contribution in [3.8, 4) is 0 Å². The molecule has 1 aromatic rings. The molecule has 2 rings (SSSR count). The van der Waals surface area contributed by atoms with Crippen LogP contribution in [0.15, 0.2) is 18.2 Å². The molecule has 1 N–H and O–H groups in total. The largest absolute Gasteiger partial charge is 0.373 e. The normalized spacial score (nSPS) is 23.5. The molecule has 2 nitrogen and oxygen atoms in total. The van der Waals surface area contributed by atoms with Crippen LogP contribution in [0.3, 0.4) is 0 Å². The van der Waals surface area contributed by atoms with Crippen LogP contribution in [-0.2, 0) is 4.74 Å². The first-order valence-corrected chi connectivity index (χ1v) is 6.49. The standard InChI is InChI=1S/C14H19F2NO/c1-2-6-17-9-10-5-7-18-14(10)12-4-3-11(15)8-13(12)16/h3-4,8,10,14,17H,2,5-7,9H2,1H3. The Morgan fingerprint density at radius 1 is 1.39 bits per heavy atom. The minimum Gasteiger partial charge on any atom is -0.373 e. The second-order valence-electron chi connectivity index (χ2n) is 4.71. The van der Waals surface area contributed by atoms with Crippen LogP contribution < -0.4 is 5.32 Å². The van der Waals surface area contributed by atoms with Gasteiger partial charge in [0.2, 0.25) is 0 Å². The summed E-state index contributed by atoms with van der Waals surface area (Å²) in [5, 5.41) is 3.33. The highest BCUT2D eigenvalue weighted by Gasteiger charge is 2.31. The van der Waals surface area contributed by atoms with Gasteiger partial charge in [0, 0.05) is 30.7 Å². The molecule has 0 radical (unpaired) electrons. The van der Waals surface area contributed by atoms with Crippen molar-refractivity contribution < 1.29 is 13.5 Å². The van der Waals surface area contributed by atoms with E-state index in [1.807, 2.05) is 0 Å². The fourth-order valence-corrected chi connectivity index (χ4v) is 2.38. The average molecular weight is 255 g/mol. The van der Waals surface area contributed by atoms with Crippen molar-refractivity contribution in [2.45, 2.75) is 25.9 Å². The fourth-order valence-electron chi connectivity index (χ4n) is 2.38. The van der Waals surface area contributed by atoms with Crippen molar-refractivity contribution in [1.82, 2.24) is 5.32 Å². The zero-order valence-electron chi connectivity index (χ0n) is 10.6. The summed E-state index contributed by atoms with van der Waals surface area (Å²) >= 11 is 0. The van der Waals surface area contributed by atoms with Crippen LogP contribution in [-0.4, -0.2) is 19.7 Å². The third kappa shape index (κ3) is 3.06. The summed E-state index contributed by atoms with van der Waals surface area (Å²) in [6.07, 6.45) is 1.73. The molecule has 2 atom stereocenters. The molecule has 2 unspecified atom stereocenters. The predicted octanol–water partition coefficient (Wildman–Crippen LogP) is 3.04. The van der Waals surface area contributed by atoms with Gasteiger partial charge in [0.25, 0.3) is 0 Å². The minimum absolute atomic E-state index is 0.255. The number of benzene rings is 1. The van der Waals surface area contributed by atoms with E-state index in [2.05, 4.69) is 12.2 Å². The molecule has 4 heteroatoms. The molecular weight excluding hydrogens is 236 g/mol. The second kappa shape index (κ2) is 6.25. The van der Waals surface area contributed by atoms with Gasteiger partial charge in [-0.1, -0.05) is 13.0 Å². The quantitative estimate of drug-likeness (QED) is 0.816. The molecule has 1 fully saturated rings. The third-order valence-electron chi connectivity index (χ3n) is 3.32. The van der Waals surface area contributed by atoms with E-state index < -0.39 is 11.6 Å². The summed E-state index contributed by atoms with van der Waals surface area (Å²) in [5.74, 6) is -0.797. The molecule has 1 aliphatic heterocycles. The Hall–Kier alpha value is -1.00. The Balaban J connectivity index is 2.06. The van der Waals surface area contributed by atoms with Crippen LogP contribution >= 0.6 is 0 Å². The predicted molar refractivity (Wildman–Crippen MR) is 66.3 cm³/mol. The first-order chi connectivity index (χ1) is 8.72. The minimum atomic E-state index is -0.546. The monoisotopic (exact) mass is 255 g/mol. The molecular formula is C14H19F2NO. The molecule has 1 aromatic carbocycles. The molecule has 1 saturated heterocycles. The Labute approximate surface area is 106 Å². The maximum Gasteiger partial charge on any atom is 0.131 e. The van der Waals surface area contributed by atoms with Crippen LogP contribution in [0, 0.1) is 17.6 Å². The molecule has 1 aliphatic rings. The topological polar surface area (TPSA) is 21.3 Å². The number of halogens is 2. The van der Waals surface area contributed by atoms with Crippen LogP contribution in [0.4, 0.5) is 8.78 Å². The molecule has 0 saturated carbocycles. The van der Waals surface area contributed by atoms with Gasteiger partial charge >= 0.3 is 0 Å². The lowest BCUT2D eigenvalue weighted by atomic mass is 9.95. The summed E-state index contributed by atoms with van der Waals surface area (Å²) in [6.45, 7) is 4.51. The average Bonchev–Trinajstić information content (AvgIpc) is 2.78. The molecule has 1 heterocycles. The molecule has 100 valence electrons. The van der Waals surface area contributed by atoms with Crippen molar-refractivity contribution in [3.63, 3.8) is 0 Å². The number of rotatable bonds is 5.